The van der Waals surface area contributed by atoms with Gasteiger partial charge in [0, 0.05) is 25.4 Å². The summed E-state index contributed by atoms with van der Waals surface area (Å²) in [6.07, 6.45) is 2.09. The van der Waals surface area contributed by atoms with Gasteiger partial charge in [-0.3, -0.25) is 4.79 Å². The number of carbonyl (C=O) groups excluding carboxylic acids is 1. The number of nitrogens with one attached hydrogen (secondary N) is 1. The summed E-state index contributed by atoms with van der Waals surface area (Å²) < 4.78 is 2.15. The lowest BCUT2D eigenvalue weighted by atomic mass is 10.2. The maximum absolute atomic E-state index is 11.7. The number of imidazole rings is 1. The van der Waals surface area contributed by atoms with Gasteiger partial charge in [-0.1, -0.05) is 19.9 Å². The Hall–Kier alpha value is -1.84. The number of carbonyl (C=O) groups is 1. The van der Waals surface area contributed by atoms with Crippen LogP contribution in [0.1, 0.15) is 44.0 Å². The van der Waals surface area contributed by atoms with Crippen molar-refractivity contribution in [2.24, 2.45) is 13.0 Å². The Bertz CT molecular complexity index is 653. The molecule has 20 heavy (non-hydrogen) atoms. The highest BCUT2D eigenvalue weighted by Gasteiger charge is 2.29. The monoisotopic (exact) mass is 271 g/mol. The van der Waals surface area contributed by atoms with Gasteiger partial charge in [0.2, 0.25) is 5.91 Å². The third-order valence-corrected chi connectivity index (χ3v) is 3.91. The van der Waals surface area contributed by atoms with Crippen LogP contribution in [-0.2, 0) is 18.4 Å². The van der Waals surface area contributed by atoms with Crippen LogP contribution in [-0.4, -0.2) is 15.5 Å². The Kier molecular flexibility index (Phi) is 3.24. The minimum absolute atomic E-state index is 0.189. The first-order valence-electron chi connectivity index (χ1n) is 7.29. The fraction of sp³-hybridized carbons (Fsp3) is 0.500. The van der Waals surface area contributed by atoms with Crippen molar-refractivity contribution in [2.45, 2.75) is 39.2 Å². The molecular weight excluding hydrogens is 250 g/mol. The fourth-order valence-electron chi connectivity index (χ4n) is 2.57. The summed E-state index contributed by atoms with van der Waals surface area (Å²) in [6.45, 7) is 4.90. The molecule has 2 aromatic rings. The third-order valence-electron chi connectivity index (χ3n) is 3.91. The molecule has 4 heteroatoms. The molecule has 1 amide bonds. The highest BCUT2D eigenvalue weighted by molar-refractivity contribution is 5.81. The van der Waals surface area contributed by atoms with Crippen LogP contribution in [0.3, 0.4) is 0 Å². The van der Waals surface area contributed by atoms with E-state index in [1.807, 2.05) is 0 Å². The van der Waals surface area contributed by atoms with Crippen molar-refractivity contribution in [1.82, 2.24) is 14.9 Å². The maximum Gasteiger partial charge on any atom is 0.223 e. The molecule has 0 spiro atoms. The zero-order chi connectivity index (χ0) is 14.3. The van der Waals surface area contributed by atoms with Crippen molar-refractivity contribution in [1.29, 1.82) is 0 Å². The lowest BCUT2D eigenvalue weighted by molar-refractivity contribution is -0.122. The minimum atomic E-state index is 0.189. The molecule has 1 N–H and O–H groups in total. The predicted octanol–water partition coefficient (Wildman–Crippen LogP) is 2.72. The second-order valence-corrected chi connectivity index (χ2v) is 6.00. The van der Waals surface area contributed by atoms with Crippen molar-refractivity contribution in [2.75, 3.05) is 0 Å². The fourth-order valence-corrected chi connectivity index (χ4v) is 2.57. The largest absolute Gasteiger partial charge is 0.352 e. The van der Waals surface area contributed by atoms with Crippen LogP contribution in [0.15, 0.2) is 18.2 Å². The van der Waals surface area contributed by atoms with Crippen LogP contribution in [0.5, 0.6) is 0 Å². The lowest BCUT2D eigenvalue weighted by Crippen LogP contribution is -2.24. The van der Waals surface area contributed by atoms with Gasteiger partial charge in [-0.15, -0.1) is 0 Å². The van der Waals surface area contributed by atoms with Gasteiger partial charge in [-0.05, 0) is 30.5 Å². The van der Waals surface area contributed by atoms with Gasteiger partial charge in [-0.25, -0.2) is 4.98 Å². The van der Waals surface area contributed by atoms with Gasteiger partial charge in [0.05, 0.1) is 11.0 Å². The summed E-state index contributed by atoms with van der Waals surface area (Å²) in [5.41, 5.74) is 3.26. The quantitative estimate of drug-likeness (QED) is 0.929. The van der Waals surface area contributed by atoms with Crippen molar-refractivity contribution in [3.05, 3.63) is 29.6 Å². The van der Waals surface area contributed by atoms with Crippen molar-refractivity contribution in [3.8, 4) is 0 Å². The van der Waals surface area contributed by atoms with Crippen LogP contribution >= 0.6 is 0 Å². The van der Waals surface area contributed by atoms with E-state index in [1.54, 1.807) is 0 Å². The molecule has 1 saturated carbocycles. The number of nitrogens with zero attached hydrogens (tertiary/aromatic N) is 2. The molecule has 1 aliphatic carbocycles. The van der Waals surface area contributed by atoms with E-state index in [-0.39, 0.29) is 11.8 Å². The van der Waals surface area contributed by atoms with Crippen LogP contribution in [0.2, 0.25) is 0 Å². The SMILES string of the molecule is CC(C)c1nc2cc(CNC(=O)C3CC3)ccc2n1C. The first-order valence-corrected chi connectivity index (χ1v) is 7.29. The smallest absolute Gasteiger partial charge is 0.223 e. The number of hydrogen-bond acceptors (Lipinski definition) is 2. The molecule has 106 valence electrons. The van der Waals surface area contributed by atoms with Gasteiger partial charge in [-0.2, -0.15) is 0 Å². The molecule has 1 aromatic carbocycles. The molecule has 0 saturated heterocycles. The molecule has 1 aromatic heterocycles. The molecule has 0 aliphatic heterocycles. The van der Waals surface area contributed by atoms with Gasteiger partial charge in [0.1, 0.15) is 5.82 Å². The maximum atomic E-state index is 11.7. The highest BCUT2D eigenvalue weighted by Crippen LogP contribution is 2.29. The average molecular weight is 271 g/mol. The second kappa shape index (κ2) is 4.93. The topological polar surface area (TPSA) is 46.9 Å². The Morgan fingerprint density at radius 3 is 2.85 bits per heavy atom. The van der Waals surface area contributed by atoms with Gasteiger partial charge in [0.25, 0.3) is 0 Å². The molecular formula is C16H21N3O. The van der Waals surface area contributed by atoms with Crippen molar-refractivity contribution in [3.63, 3.8) is 0 Å². The Morgan fingerprint density at radius 1 is 1.45 bits per heavy atom. The molecule has 0 bridgehead atoms. The van der Waals surface area contributed by atoms with E-state index < -0.39 is 0 Å². The minimum Gasteiger partial charge on any atom is -0.352 e. The van der Waals surface area contributed by atoms with Gasteiger partial charge in [0.15, 0.2) is 0 Å². The summed E-state index contributed by atoms with van der Waals surface area (Å²) >= 11 is 0. The molecule has 0 unspecified atom stereocenters. The Labute approximate surface area is 119 Å². The molecule has 1 fully saturated rings. The van der Waals surface area contributed by atoms with E-state index in [0.29, 0.717) is 12.5 Å². The number of fused-ring (bicyclic) bond motifs is 1. The first-order chi connectivity index (χ1) is 9.56. The normalized spacial score (nSPS) is 15.0. The zero-order valence-electron chi connectivity index (χ0n) is 12.3. The summed E-state index contributed by atoms with van der Waals surface area (Å²) in [5, 5.41) is 3.00. The molecule has 4 nitrogen and oxygen atoms in total. The molecule has 1 heterocycles. The zero-order valence-corrected chi connectivity index (χ0v) is 12.3. The first kappa shape index (κ1) is 13.2. The number of aryl methyl sites for hydroxylation is 1. The van der Waals surface area contributed by atoms with Crippen LogP contribution in [0.25, 0.3) is 11.0 Å². The van der Waals surface area contributed by atoms with E-state index in [2.05, 4.69) is 49.0 Å². The Morgan fingerprint density at radius 2 is 2.20 bits per heavy atom. The molecule has 0 radical (unpaired) electrons. The number of hydrogen-bond donors (Lipinski definition) is 1. The van der Waals surface area contributed by atoms with Crippen LogP contribution in [0.4, 0.5) is 0 Å². The van der Waals surface area contributed by atoms with Gasteiger partial charge < -0.3 is 9.88 Å². The van der Waals surface area contributed by atoms with E-state index in [9.17, 15) is 4.79 Å². The lowest BCUT2D eigenvalue weighted by Gasteiger charge is -2.05. The second-order valence-electron chi connectivity index (χ2n) is 6.00. The number of aromatic nitrogens is 2. The summed E-state index contributed by atoms with van der Waals surface area (Å²) in [6, 6.07) is 6.24. The average Bonchev–Trinajstić information content (AvgIpc) is 3.21. The van der Waals surface area contributed by atoms with Crippen molar-refractivity contribution < 1.29 is 4.79 Å². The number of amides is 1. The van der Waals surface area contributed by atoms with Crippen molar-refractivity contribution >= 4 is 16.9 Å². The summed E-state index contributed by atoms with van der Waals surface area (Å²) in [4.78, 5) is 16.4. The molecule has 3 rings (SSSR count). The van der Waals surface area contributed by atoms with E-state index in [1.165, 1.54) is 0 Å². The highest BCUT2D eigenvalue weighted by atomic mass is 16.2. The Balaban J connectivity index is 1.81. The van der Waals surface area contributed by atoms with Crippen LogP contribution < -0.4 is 5.32 Å². The number of rotatable bonds is 4. The number of benzene rings is 1. The molecule has 0 atom stereocenters. The van der Waals surface area contributed by atoms with E-state index in [0.717, 1.165) is 35.3 Å². The molecule has 1 aliphatic rings. The summed E-state index contributed by atoms with van der Waals surface area (Å²) in [7, 11) is 2.05. The van der Waals surface area contributed by atoms with E-state index in [4.69, 9.17) is 4.98 Å². The standard InChI is InChI=1S/C16H21N3O/c1-10(2)15-18-13-8-11(4-7-14(13)19(15)3)9-17-16(20)12-5-6-12/h4,7-8,10,12H,5-6,9H2,1-3H3,(H,17,20). The summed E-state index contributed by atoms with van der Waals surface area (Å²) in [5.74, 6) is 1.96. The van der Waals surface area contributed by atoms with Gasteiger partial charge >= 0.3 is 0 Å². The van der Waals surface area contributed by atoms with E-state index >= 15 is 0 Å². The predicted molar refractivity (Wildman–Crippen MR) is 79.4 cm³/mol. The van der Waals surface area contributed by atoms with Crippen LogP contribution in [0, 0.1) is 5.92 Å². The third kappa shape index (κ3) is 2.42.